The predicted molar refractivity (Wildman–Crippen MR) is 88.1 cm³/mol. The SMILES string of the molecule is CC(C)(C)[Si](C)(C)C#CC[C@H](NC(=O)[C@H]1CCCO1)C(=O)O. The Labute approximate surface area is 133 Å². The molecule has 6 heteroatoms. The lowest BCUT2D eigenvalue weighted by Gasteiger charge is -2.31. The largest absolute Gasteiger partial charge is 0.480 e. The molecule has 0 aliphatic carbocycles. The molecule has 1 fully saturated rings. The Bertz CT molecular complexity index is 479. The Hall–Kier alpha value is -1.32. The van der Waals surface area contributed by atoms with Crippen molar-refractivity contribution >= 4 is 20.0 Å². The number of nitrogens with one attached hydrogen (secondary N) is 1. The standard InChI is InChI=1S/C16H27NO4Si/c1-16(2,3)22(4,5)11-7-8-12(15(19)20)17-14(18)13-9-6-10-21-13/h12-13H,6,8-10H2,1-5H3,(H,17,18)(H,19,20)/t12-,13+/m0/s1. The quantitative estimate of drug-likeness (QED) is 0.613. The van der Waals surface area contributed by atoms with Crippen molar-refractivity contribution in [3.05, 3.63) is 0 Å². The summed E-state index contributed by atoms with van der Waals surface area (Å²) in [5.41, 5.74) is 3.27. The third kappa shape index (κ3) is 5.15. The van der Waals surface area contributed by atoms with E-state index in [9.17, 15) is 14.7 Å². The predicted octanol–water partition coefficient (Wildman–Crippen LogP) is 2.18. The molecule has 1 saturated heterocycles. The van der Waals surface area contributed by atoms with Gasteiger partial charge in [-0.25, -0.2) is 4.79 Å². The molecule has 1 rings (SSSR count). The smallest absolute Gasteiger partial charge is 0.327 e. The van der Waals surface area contributed by atoms with Gasteiger partial charge in [0, 0.05) is 13.0 Å². The van der Waals surface area contributed by atoms with E-state index in [-0.39, 0.29) is 17.4 Å². The van der Waals surface area contributed by atoms with Crippen LogP contribution in [0, 0.1) is 11.5 Å². The molecule has 1 aliphatic rings. The molecule has 1 heterocycles. The van der Waals surface area contributed by atoms with Gasteiger partial charge in [0.2, 0.25) is 5.91 Å². The minimum Gasteiger partial charge on any atom is -0.480 e. The van der Waals surface area contributed by atoms with Crippen LogP contribution in [-0.4, -0.2) is 43.8 Å². The molecular formula is C16H27NO4Si. The van der Waals surface area contributed by atoms with E-state index in [0.29, 0.717) is 13.0 Å². The van der Waals surface area contributed by atoms with E-state index in [2.05, 4.69) is 50.6 Å². The highest BCUT2D eigenvalue weighted by molar-refractivity contribution is 6.87. The fourth-order valence-electron chi connectivity index (χ4n) is 1.81. The number of carbonyl (C=O) groups excluding carboxylic acids is 1. The van der Waals surface area contributed by atoms with Gasteiger partial charge in [-0.2, -0.15) is 0 Å². The van der Waals surface area contributed by atoms with E-state index >= 15 is 0 Å². The maximum absolute atomic E-state index is 11.9. The summed E-state index contributed by atoms with van der Waals surface area (Å²) in [6.45, 7) is 11.4. The van der Waals surface area contributed by atoms with E-state index < -0.39 is 26.2 Å². The Morgan fingerprint density at radius 1 is 1.41 bits per heavy atom. The van der Waals surface area contributed by atoms with E-state index in [4.69, 9.17) is 4.74 Å². The lowest BCUT2D eigenvalue weighted by atomic mass is 10.2. The number of rotatable bonds is 4. The Kier molecular flexibility index (Phi) is 6.21. The molecule has 0 radical (unpaired) electrons. The first kappa shape index (κ1) is 18.7. The van der Waals surface area contributed by atoms with E-state index in [1.165, 1.54) is 0 Å². The van der Waals surface area contributed by atoms with Crippen molar-refractivity contribution in [3.8, 4) is 11.5 Å². The lowest BCUT2D eigenvalue weighted by Crippen LogP contribution is -2.45. The maximum atomic E-state index is 11.9. The molecule has 22 heavy (non-hydrogen) atoms. The van der Waals surface area contributed by atoms with Crippen LogP contribution in [-0.2, 0) is 14.3 Å². The summed E-state index contributed by atoms with van der Waals surface area (Å²) in [5, 5.41) is 11.9. The summed E-state index contributed by atoms with van der Waals surface area (Å²) in [7, 11) is -1.76. The molecule has 5 nitrogen and oxygen atoms in total. The van der Waals surface area contributed by atoms with Gasteiger partial charge in [-0.15, -0.1) is 11.5 Å². The van der Waals surface area contributed by atoms with Crippen LogP contribution in [0.5, 0.6) is 0 Å². The van der Waals surface area contributed by atoms with Gasteiger partial charge < -0.3 is 15.2 Å². The zero-order valence-electron chi connectivity index (χ0n) is 14.2. The van der Waals surface area contributed by atoms with Gasteiger partial charge in [-0.3, -0.25) is 4.79 Å². The van der Waals surface area contributed by atoms with Crippen LogP contribution < -0.4 is 5.32 Å². The second kappa shape index (κ2) is 7.29. The highest BCUT2D eigenvalue weighted by atomic mass is 28.3. The zero-order chi connectivity index (χ0) is 17.0. The van der Waals surface area contributed by atoms with Crippen molar-refractivity contribution in [1.82, 2.24) is 5.32 Å². The van der Waals surface area contributed by atoms with Gasteiger partial charge in [0.1, 0.15) is 20.2 Å². The van der Waals surface area contributed by atoms with Gasteiger partial charge in [0.15, 0.2) is 0 Å². The molecule has 2 N–H and O–H groups in total. The number of aliphatic carboxylic acids is 1. The highest BCUT2D eigenvalue weighted by Gasteiger charge is 2.34. The van der Waals surface area contributed by atoms with Gasteiger partial charge in [0.25, 0.3) is 0 Å². The normalized spacial score (nSPS) is 20.0. The average Bonchev–Trinajstić information content (AvgIpc) is 2.89. The molecule has 0 unspecified atom stereocenters. The second-order valence-electron chi connectivity index (χ2n) is 7.28. The highest BCUT2D eigenvalue weighted by Crippen LogP contribution is 2.35. The first-order chi connectivity index (χ1) is 10.0. The Balaban J connectivity index is 2.66. The van der Waals surface area contributed by atoms with Gasteiger partial charge in [0.05, 0.1) is 0 Å². The van der Waals surface area contributed by atoms with Crippen molar-refractivity contribution in [2.75, 3.05) is 6.61 Å². The molecule has 0 bridgehead atoms. The minimum atomic E-state index is -1.76. The van der Waals surface area contributed by atoms with Crippen molar-refractivity contribution in [1.29, 1.82) is 0 Å². The molecule has 0 spiro atoms. The number of carboxylic acids is 1. The Morgan fingerprint density at radius 2 is 2.05 bits per heavy atom. The first-order valence-corrected chi connectivity index (χ1v) is 10.7. The van der Waals surface area contributed by atoms with E-state index in [1.807, 2.05) is 0 Å². The number of carbonyl (C=O) groups is 2. The number of ether oxygens (including phenoxy) is 1. The number of amides is 1. The molecule has 124 valence electrons. The van der Waals surface area contributed by atoms with Gasteiger partial charge in [-0.1, -0.05) is 33.9 Å². The maximum Gasteiger partial charge on any atom is 0.327 e. The van der Waals surface area contributed by atoms with Crippen LogP contribution in [0.25, 0.3) is 0 Å². The zero-order valence-corrected chi connectivity index (χ0v) is 15.2. The molecule has 0 aromatic carbocycles. The fraction of sp³-hybridized carbons (Fsp3) is 0.750. The Morgan fingerprint density at radius 3 is 2.50 bits per heavy atom. The first-order valence-electron chi connectivity index (χ1n) is 7.69. The van der Waals surface area contributed by atoms with Crippen molar-refractivity contribution in [2.45, 2.75) is 70.3 Å². The molecule has 1 aliphatic heterocycles. The van der Waals surface area contributed by atoms with Gasteiger partial charge in [-0.05, 0) is 17.9 Å². The summed E-state index contributed by atoms with van der Waals surface area (Å²) in [4.78, 5) is 23.2. The van der Waals surface area contributed by atoms with Crippen molar-refractivity contribution < 1.29 is 19.4 Å². The second-order valence-corrected chi connectivity index (χ2v) is 12.3. The molecule has 2 atom stereocenters. The lowest BCUT2D eigenvalue weighted by molar-refractivity contribution is -0.143. The average molecular weight is 325 g/mol. The topological polar surface area (TPSA) is 75.6 Å². The minimum absolute atomic E-state index is 0.125. The number of carboxylic acid groups (broad SMARTS) is 1. The van der Waals surface area contributed by atoms with E-state index in [1.54, 1.807) is 0 Å². The van der Waals surface area contributed by atoms with Crippen LogP contribution in [0.3, 0.4) is 0 Å². The number of hydrogen-bond donors (Lipinski definition) is 2. The summed E-state index contributed by atoms with van der Waals surface area (Å²) in [6.07, 6.45) is 1.09. The van der Waals surface area contributed by atoms with Crippen LogP contribution in [0.15, 0.2) is 0 Å². The molecule has 0 aromatic heterocycles. The van der Waals surface area contributed by atoms with Crippen LogP contribution >= 0.6 is 0 Å². The molecule has 0 aromatic rings. The van der Waals surface area contributed by atoms with Crippen LogP contribution in [0.4, 0.5) is 0 Å². The molecule has 0 saturated carbocycles. The molecular weight excluding hydrogens is 298 g/mol. The van der Waals surface area contributed by atoms with Crippen LogP contribution in [0.1, 0.15) is 40.0 Å². The molecule has 1 amide bonds. The summed E-state index contributed by atoms with van der Waals surface area (Å²) in [5.74, 6) is 1.58. The summed E-state index contributed by atoms with van der Waals surface area (Å²) in [6, 6.07) is -0.978. The van der Waals surface area contributed by atoms with Crippen LogP contribution in [0.2, 0.25) is 18.1 Å². The van der Waals surface area contributed by atoms with Crippen molar-refractivity contribution in [2.24, 2.45) is 0 Å². The van der Waals surface area contributed by atoms with Gasteiger partial charge >= 0.3 is 5.97 Å². The van der Waals surface area contributed by atoms with E-state index in [0.717, 1.165) is 6.42 Å². The third-order valence-electron chi connectivity index (χ3n) is 4.42. The third-order valence-corrected chi connectivity index (χ3v) is 8.97. The monoisotopic (exact) mass is 325 g/mol. The fourth-order valence-corrected chi connectivity index (χ4v) is 2.73. The number of hydrogen-bond acceptors (Lipinski definition) is 3. The van der Waals surface area contributed by atoms with Crippen molar-refractivity contribution in [3.63, 3.8) is 0 Å². The summed E-state index contributed by atoms with van der Waals surface area (Å²) >= 11 is 0. The summed E-state index contributed by atoms with van der Waals surface area (Å²) < 4.78 is 5.26.